The van der Waals surface area contributed by atoms with E-state index in [-0.39, 0.29) is 13.0 Å². The standard InChI is InChI=1S/C24H31N3O5/c1-6-16-9-8-10-19(22(16)27-20(28)15-21(29)31-7-2)25-17-11-13-18(14-12-17)26-23(30)32-24(3,4)5/h8-14,25H,6-7,15H2,1-5H3,(H,26,30)(H,27,28). The van der Waals surface area contributed by atoms with Crippen LogP contribution in [0.25, 0.3) is 0 Å². The lowest BCUT2D eigenvalue weighted by molar-refractivity contribution is -0.145. The van der Waals surface area contributed by atoms with Crippen molar-refractivity contribution in [2.24, 2.45) is 0 Å². The van der Waals surface area contributed by atoms with Crippen molar-refractivity contribution >= 4 is 40.7 Å². The van der Waals surface area contributed by atoms with Crippen LogP contribution in [0.5, 0.6) is 0 Å². The van der Waals surface area contributed by atoms with E-state index < -0.39 is 23.6 Å². The first-order chi connectivity index (χ1) is 15.1. The van der Waals surface area contributed by atoms with Gasteiger partial charge < -0.3 is 20.1 Å². The molecule has 0 bridgehead atoms. The molecule has 0 radical (unpaired) electrons. The summed E-state index contributed by atoms with van der Waals surface area (Å²) < 4.78 is 10.1. The molecule has 3 N–H and O–H groups in total. The topological polar surface area (TPSA) is 106 Å². The van der Waals surface area contributed by atoms with Crippen molar-refractivity contribution in [3.8, 4) is 0 Å². The molecule has 0 spiro atoms. The van der Waals surface area contributed by atoms with Gasteiger partial charge in [-0.3, -0.25) is 14.9 Å². The molecule has 0 saturated carbocycles. The van der Waals surface area contributed by atoms with Crippen LogP contribution in [0.4, 0.5) is 27.5 Å². The Morgan fingerprint density at radius 1 is 0.906 bits per heavy atom. The number of esters is 1. The van der Waals surface area contributed by atoms with Crippen molar-refractivity contribution in [2.75, 3.05) is 22.6 Å². The number of hydrogen-bond acceptors (Lipinski definition) is 6. The molecule has 0 aromatic heterocycles. The average molecular weight is 442 g/mol. The van der Waals surface area contributed by atoms with Gasteiger partial charge in [0.15, 0.2) is 0 Å². The number of rotatable bonds is 8. The van der Waals surface area contributed by atoms with Crippen molar-refractivity contribution < 1.29 is 23.9 Å². The zero-order valence-electron chi connectivity index (χ0n) is 19.2. The van der Waals surface area contributed by atoms with Crippen LogP contribution < -0.4 is 16.0 Å². The molecule has 0 atom stereocenters. The van der Waals surface area contributed by atoms with E-state index in [4.69, 9.17) is 9.47 Å². The lowest BCUT2D eigenvalue weighted by Crippen LogP contribution is -2.27. The molecule has 0 aliphatic rings. The van der Waals surface area contributed by atoms with Gasteiger partial charge >= 0.3 is 12.1 Å². The second-order valence-corrected chi connectivity index (χ2v) is 8.05. The second-order valence-electron chi connectivity index (χ2n) is 8.05. The van der Waals surface area contributed by atoms with Crippen LogP contribution in [0, 0.1) is 0 Å². The summed E-state index contributed by atoms with van der Waals surface area (Å²) in [6.45, 7) is 9.30. The summed E-state index contributed by atoms with van der Waals surface area (Å²) in [6, 6.07) is 12.7. The van der Waals surface area contributed by atoms with Crippen LogP contribution in [-0.4, -0.2) is 30.2 Å². The number of carbonyl (C=O) groups is 3. The highest BCUT2D eigenvalue weighted by molar-refractivity contribution is 6.04. The third-order valence-electron chi connectivity index (χ3n) is 4.22. The predicted molar refractivity (Wildman–Crippen MR) is 125 cm³/mol. The molecule has 0 aliphatic carbocycles. The van der Waals surface area contributed by atoms with E-state index in [0.717, 1.165) is 11.3 Å². The maximum Gasteiger partial charge on any atom is 0.412 e. The van der Waals surface area contributed by atoms with E-state index >= 15 is 0 Å². The Labute approximate surface area is 188 Å². The van der Waals surface area contributed by atoms with Crippen LogP contribution in [0.3, 0.4) is 0 Å². The number of para-hydroxylation sites is 1. The van der Waals surface area contributed by atoms with Gasteiger partial charge in [-0.15, -0.1) is 0 Å². The van der Waals surface area contributed by atoms with Crippen LogP contribution in [0.1, 0.15) is 46.6 Å². The Morgan fingerprint density at radius 2 is 1.56 bits per heavy atom. The third-order valence-corrected chi connectivity index (χ3v) is 4.22. The molecule has 172 valence electrons. The Kier molecular flexibility index (Phi) is 8.63. The van der Waals surface area contributed by atoms with E-state index in [0.29, 0.717) is 23.5 Å². The quantitative estimate of drug-likeness (QED) is 0.383. The molecule has 0 unspecified atom stereocenters. The van der Waals surface area contributed by atoms with Crippen LogP contribution >= 0.6 is 0 Å². The zero-order valence-corrected chi connectivity index (χ0v) is 19.2. The lowest BCUT2D eigenvalue weighted by atomic mass is 10.1. The number of nitrogens with one attached hydrogen (secondary N) is 3. The minimum absolute atomic E-state index is 0.225. The Hall–Kier alpha value is -3.55. The summed E-state index contributed by atoms with van der Waals surface area (Å²) in [7, 11) is 0. The van der Waals surface area contributed by atoms with Crippen molar-refractivity contribution in [1.82, 2.24) is 0 Å². The zero-order chi connectivity index (χ0) is 23.7. The average Bonchev–Trinajstić information content (AvgIpc) is 2.69. The number of ether oxygens (including phenoxy) is 2. The second kappa shape index (κ2) is 11.2. The molecule has 0 aliphatic heterocycles. The monoisotopic (exact) mass is 441 g/mol. The summed E-state index contributed by atoms with van der Waals surface area (Å²) in [4.78, 5) is 35.9. The van der Waals surface area contributed by atoms with Crippen LogP contribution in [0.2, 0.25) is 0 Å². The molecule has 8 heteroatoms. The SMILES string of the molecule is CCOC(=O)CC(=O)Nc1c(CC)cccc1Nc1ccc(NC(=O)OC(C)(C)C)cc1. The first kappa shape index (κ1) is 24.7. The van der Waals surface area contributed by atoms with E-state index in [1.54, 1.807) is 52.0 Å². The van der Waals surface area contributed by atoms with Gasteiger partial charge in [0.25, 0.3) is 0 Å². The fourth-order valence-electron chi connectivity index (χ4n) is 2.89. The summed E-state index contributed by atoms with van der Waals surface area (Å²) in [6.07, 6.45) is -0.180. The molecule has 32 heavy (non-hydrogen) atoms. The molecule has 2 aromatic rings. The van der Waals surface area contributed by atoms with E-state index in [1.807, 2.05) is 25.1 Å². The molecular formula is C24H31N3O5. The van der Waals surface area contributed by atoms with Gasteiger partial charge in [-0.2, -0.15) is 0 Å². The molecule has 0 saturated heterocycles. The van der Waals surface area contributed by atoms with Gasteiger partial charge in [-0.05, 0) is 70.0 Å². The number of benzene rings is 2. The molecule has 0 heterocycles. The van der Waals surface area contributed by atoms with Gasteiger partial charge in [0.1, 0.15) is 12.0 Å². The number of hydrogen-bond donors (Lipinski definition) is 3. The third kappa shape index (κ3) is 7.94. The Balaban J connectivity index is 2.12. The van der Waals surface area contributed by atoms with Crippen molar-refractivity contribution in [2.45, 2.75) is 53.1 Å². The van der Waals surface area contributed by atoms with Gasteiger partial charge in [0.05, 0.1) is 18.0 Å². The smallest absolute Gasteiger partial charge is 0.412 e. The number of carbonyl (C=O) groups excluding carboxylic acids is 3. The maximum absolute atomic E-state index is 12.3. The van der Waals surface area contributed by atoms with Crippen molar-refractivity contribution in [1.29, 1.82) is 0 Å². The fourth-order valence-corrected chi connectivity index (χ4v) is 2.89. The Bertz CT molecular complexity index is 949. The molecular weight excluding hydrogens is 410 g/mol. The van der Waals surface area contributed by atoms with Gasteiger partial charge in [-0.1, -0.05) is 19.1 Å². The summed E-state index contributed by atoms with van der Waals surface area (Å²) in [5.74, 6) is -1.01. The van der Waals surface area contributed by atoms with Crippen molar-refractivity contribution in [3.05, 3.63) is 48.0 Å². The molecule has 2 rings (SSSR count). The number of aryl methyl sites for hydroxylation is 1. The summed E-state index contributed by atoms with van der Waals surface area (Å²) >= 11 is 0. The molecule has 2 aromatic carbocycles. The summed E-state index contributed by atoms with van der Waals surface area (Å²) in [5.41, 5.74) is 3.00. The van der Waals surface area contributed by atoms with Gasteiger partial charge in [0, 0.05) is 11.4 Å². The van der Waals surface area contributed by atoms with Crippen LogP contribution in [-0.2, 0) is 25.5 Å². The highest BCUT2D eigenvalue weighted by Crippen LogP contribution is 2.30. The lowest BCUT2D eigenvalue weighted by Gasteiger charge is -2.20. The predicted octanol–water partition coefficient (Wildman–Crippen LogP) is 5.23. The van der Waals surface area contributed by atoms with Gasteiger partial charge in [0.2, 0.25) is 5.91 Å². The first-order valence-electron chi connectivity index (χ1n) is 10.6. The normalized spacial score (nSPS) is 10.8. The maximum atomic E-state index is 12.3. The number of amides is 2. The molecule has 8 nitrogen and oxygen atoms in total. The highest BCUT2D eigenvalue weighted by Gasteiger charge is 2.17. The van der Waals surface area contributed by atoms with Crippen LogP contribution in [0.15, 0.2) is 42.5 Å². The van der Waals surface area contributed by atoms with Gasteiger partial charge in [-0.25, -0.2) is 4.79 Å². The number of anilines is 4. The molecule has 2 amide bonds. The Morgan fingerprint density at radius 3 is 2.16 bits per heavy atom. The minimum Gasteiger partial charge on any atom is -0.466 e. The molecule has 0 fully saturated rings. The summed E-state index contributed by atoms with van der Waals surface area (Å²) in [5, 5.41) is 8.78. The van der Waals surface area contributed by atoms with E-state index in [9.17, 15) is 14.4 Å². The minimum atomic E-state index is -0.579. The largest absolute Gasteiger partial charge is 0.466 e. The highest BCUT2D eigenvalue weighted by atomic mass is 16.6. The van der Waals surface area contributed by atoms with E-state index in [2.05, 4.69) is 16.0 Å². The first-order valence-corrected chi connectivity index (χ1v) is 10.6. The fraction of sp³-hybridized carbons (Fsp3) is 0.375. The van der Waals surface area contributed by atoms with Crippen molar-refractivity contribution in [3.63, 3.8) is 0 Å². The van der Waals surface area contributed by atoms with E-state index in [1.165, 1.54) is 0 Å².